The number of benzene rings is 2. The Morgan fingerprint density at radius 3 is 2.66 bits per heavy atom. The van der Waals surface area contributed by atoms with E-state index in [2.05, 4.69) is 6.07 Å². The molecule has 0 N–H and O–H groups in total. The third kappa shape index (κ3) is 3.42. The van der Waals surface area contributed by atoms with Gasteiger partial charge >= 0.3 is 0 Å². The summed E-state index contributed by atoms with van der Waals surface area (Å²) >= 11 is 0. The van der Waals surface area contributed by atoms with Crippen LogP contribution in [0.25, 0.3) is 0 Å². The van der Waals surface area contributed by atoms with Gasteiger partial charge in [-0.15, -0.1) is 0 Å². The van der Waals surface area contributed by atoms with E-state index >= 15 is 0 Å². The van der Waals surface area contributed by atoms with Crippen molar-refractivity contribution in [2.24, 2.45) is 0 Å². The van der Waals surface area contributed by atoms with Crippen molar-refractivity contribution in [1.82, 2.24) is 9.21 Å². The van der Waals surface area contributed by atoms with Crippen LogP contribution in [0.1, 0.15) is 35.2 Å². The lowest BCUT2D eigenvalue weighted by atomic mass is 9.91. The minimum atomic E-state index is -3.80. The van der Waals surface area contributed by atoms with Gasteiger partial charge < -0.3 is 9.64 Å². The average molecular weight is 415 g/mol. The van der Waals surface area contributed by atoms with Gasteiger partial charge in [0, 0.05) is 13.1 Å². The number of fused-ring (bicyclic) bond motifs is 3. The second-order valence-electron chi connectivity index (χ2n) is 7.67. The Hall–Kier alpha value is -2.38. The highest BCUT2D eigenvalue weighted by molar-refractivity contribution is 7.89. The highest BCUT2D eigenvalue weighted by atomic mass is 32.2. The lowest BCUT2D eigenvalue weighted by Gasteiger charge is -2.44. The Morgan fingerprint density at radius 2 is 1.90 bits per heavy atom. The van der Waals surface area contributed by atoms with E-state index in [1.165, 1.54) is 9.87 Å². The summed E-state index contributed by atoms with van der Waals surface area (Å²) in [6.07, 6.45) is 0.808. The van der Waals surface area contributed by atoms with Crippen LogP contribution >= 0.6 is 0 Å². The summed E-state index contributed by atoms with van der Waals surface area (Å²) in [6.45, 7) is 6.81. The van der Waals surface area contributed by atoms with Crippen LogP contribution in [0.4, 0.5) is 0 Å². The molecule has 1 fully saturated rings. The number of piperazine rings is 1. The SMILES string of the molecule is CCOc1cc(C)c(S(=O)(=O)N2CC(=O)N3CCc4ccccc4C3C2)cc1C. The van der Waals surface area contributed by atoms with Gasteiger partial charge in [0.05, 0.1) is 24.1 Å². The van der Waals surface area contributed by atoms with Gasteiger partial charge in [-0.2, -0.15) is 4.31 Å². The van der Waals surface area contributed by atoms with Crippen LogP contribution < -0.4 is 4.74 Å². The molecule has 1 saturated heterocycles. The summed E-state index contributed by atoms with van der Waals surface area (Å²) in [6, 6.07) is 11.2. The highest BCUT2D eigenvalue weighted by Crippen LogP contribution is 2.36. The molecule has 29 heavy (non-hydrogen) atoms. The fraction of sp³-hybridized carbons (Fsp3) is 0.409. The molecular formula is C22H26N2O4S. The van der Waals surface area contributed by atoms with Crippen LogP contribution in [0.2, 0.25) is 0 Å². The van der Waals surface area contributed by atoms with Gasteiger partial charge in [0.15, 0.2) is 0 Å². The maximum atomic E-state index is 13.5. The molecule has 0 aliphatic carbocycles. The molecule has 4 rings (SSSR count). The number of hydrogen-bond donors (Lipinski definition) is 0. The second kappa shape index (κ2) is 7.46. The molecule has 2 aliphatic heterocycles. The molecule has 7 heteroatoms. The lowest BCUT2D eigenvalue weighted by molar-refractivity contribution is -0.138. The summed E-state index contributed by atoms with van der Waals surface area (Å²) < 4.78 is 33.9. The van der Waals surface area contributed by atoms with Gasteiger partial charge in [-0.05, 0) is 61.6 Å². The molecule has 0 bridgehead atoms. The first-order chi connectivity index (χ1) is 13.8. The Morgan fingerprint density at radius 1 is 1.14 bits per heavy atom. The van der Waals surface area contributed by atoms with E-state index < -0.39 is 10.0 Å². The van der Waals surface area contributed by atoms with Crippen LogP contribution in [0, 0.1) is 13.8 Å². The molecule has 0 saturated carbocycles. The fourth-order valence-corrected chi connectivity index (χ4v) is 6.01. The van der Waals surface area contributed by atoms with Crippen molar-refractivity contribution in [3.05, 3.63) is 58.7 Å². The predicted molar refractivity (Wildman–Crippen MR) is 110 cm³/mol. The summed E-state index contributed by atoms with van der Waals surface area (Å²) in [5.74, 6) is 0.547. The fourth-order valence-electron chi connectivity index (χ4n) is 4.32. The van der Waals surface area contributed by atoms with Gasteiger partial charge in [-0.1, -0.05) is 24.3 Å². The summed E-state index contributed by atoms with van der Waals surface area (Å²) in [4.78, 5) is 14.9. The Labute approximate surface area is 172 Å². The Bertz CT molecular complexity index is 1060. The van der Waals surface area contributed by atoms with E-state index in [4.69, 9.17) is 4.74 Å². The molecule has 6 nitrogen and oxygen atoms in total. The van der Waals surface area contributed by atoms with E-state index in [1.807, 2.05) is 36.9 Å². The normalized spacial score (nSPS) is 19.6. The van der Waals surface area contributed by atoms with Crippen molar-refractivity contribution >= 4 is 15.9 Å². The molecule has 1 atom stereocenters. The van der Waals surface area contributed by atoms with E-state index in [1.54, 1.807) is 19.1 Å². The van der Waals surface area contributed by atoms with Crippen LogP contribution in [-0.2, 0) is 21.2 Å². The molecule has 154 valence electrons. The van der Waals surface area contributed by atoms with Crippen molar-refractivity contribution in [2.75, 3.05) is 26.2 Å². The summed E-state index contributed by atoms with van der Waals surface area (Å²) in [5, 5.41) is 0. The number of ether oxygens (including phenoxy) is 1. The molecule has 2 aromatic carbocycles. The van der Waals surface area contributed by atoms with Crippen LogP contribution in [0.3, 0.4) is 0 Å². The molecule has 2 aromatic rings. The van der Waals surface area contributed by atoms with Gasteiger partial charge in [0.2, 0.25) is 15.9 Å². The average Bonchev–Trinajstić information content (AvgIpc) is 2.70. The lowest BCUT2D eigenvalue weighted by Crippen LogP contribution is -2.55. The molecule has 2 aliphatic rings. The van der Waals surface area contributed by atoms with E-state index in [0.29, 0.717) is 24.5 Å². The van der Waals surface area contributed by atoms with Gasteiger partial charge in [-0.3, -0.25) is 4.79 Å². The number of rotatable bonds is 4. The van der Waals surface area contributed by atoms with Crippen molar-refractivity contribution in [3.63, 3.8) is 0 Å². The molecule has 1 amide bonds. The molecular weight excluding hydrogens is 388 g/mol. The van der Waals surface area contributed by atoms with Crippen molar-refractivity contribution in [1.29, 1.82) is 0 Å². The zero-order chi connectivity index (χ0) is 20.8. The number of amides is 1. The molecule has 2 heterocycles. The first-order valence-electron chi connectivity index (χ1n) is 9.94. The minimum Gasteiger partial charge on any atom is -0.494 e. The number of carbonyl (C=O) groups is 1. The first kappa shape index (κ1) is 19.9. The van der Waals surface area contributed by atoms with E-state index in [0.717, 1.165) is 17.5 Å². The van der Waals surface area contributed by atoms with Crippen molar-refractivity contribution < 1.29 is 17.9 Å². The zero-order valence-electron chi connectivity index (χ0n) is 17.0. The predicted octanol–water partition coefficient (Wildman–Crippen LogP) is 2.83. The quantitative estimate of drug-likeness (QED) is 0.772. The Balaban J connectivity index is 1.70. The van der Waals surface area contributed by atoms with Crippen molar-refractivity contribution in [2.45, 2.75) is 38.1 Å². The largest absolute Gasteiger partial charge is 0.494 e. The number of hydrogen-bond acceptors (Lipinski definition) is 4. The van der Waals surface area contributed by atoms with Gasteiger partial charge in [0.25, 0.3) is 0 Å². The zero-order valence-corrected chi connectivity index (χ0v) is 17.8. The van der Waals surface area contributed by atoms with Gasteiger partial charge in [0.1, 0.15) is 5.75 Å². The maximum Gasteiger partial charge on any atom is 0.243 e. The minimum absolute atomic E-state index is 0.118. The third-order valence-corrected chi connectivity index (χ3v) is 7.76. The summed E-state index contributed by atoms with van der Waals surface area (Å²) in [5.41, 5.74) is 3.63. The maximum absolute atomic E-state index is 13.5. The number of sulfonamides is 1. The topological polar surface area (TPSA) is 66.9 Å². The summed E-state index contributed by atoms with van der Waals surface area (Å²) in [7, 11) is -3.80. The molecule has 0 spiro atoms. The Kier molecular flexibility index (Phi) is 5.12. The second-order valence-corrected chi connectivity index (χ2v) is 9.57. The standard InChI is InChI=1S/C22H26N2O4S/c1-4-28-20-11-16(3)21(12-15(20)2)29(26,27)23-13-19-18-8-6-5-7-17(18)9-10-24(19)22(25)14-23/h5-8,11-12,19H,4,9-10,13-14H2,1-3H3. The van der Waals surface area contributed by atoms with Crippen LogP contribution in [-0.4, -0.2) is 49.8 Å². The molecule has 1 unspecified atom stereocenters. The first-order valence-corrected chi connectivity index (χ1v) is 11.4. The van der Waals surface area contributed by atoms with E-state index in [9.17, 15) is 13.2 Å². The number of carbonyl (C=O) groups excluding carboxylic acids is 1. The number of nitrogens with zero attached hydrogens (tertiary/aromatic N) is 2. The van der Waals surface area contributed by atoms with Crippen LogP contribution in [0.15, 0.2) is 41.3 Å². The van der Waals surface area contributed by atoms with Crippen LogP contribution in [0.5, 0.6) is 5.75 Å². The molecule has 0 aromatic heterocycles. The smallest absolute Gasteiger partial charge is 0.243 e. The monoisotopic (exact) mass is 414 g/mol. The third-order valence-electron chi connectivity index (χ3n) is 5.81. The molecule has 0 radical (unpaired) electrons. The van der Waals surface area contributed by atoms with Crippen molar-refractivity contribution in [3.8, 4) is 5.75 Å². The number of aryl methyl sites for hydroxylation is 2. The van der Waals surface area contributed by atoms with Gasteiger partial charge in [-0.25, -0.2) is 8.42 Å². The van der Waals surface area contributed by atoms with E-state index in [-0.39, 0.29) is 29.9 Å². The highest BCUT2D eigenvalue weighted by Gasteiger charge is 2.41.